The van der Waals surface area contributed by atoms with E-state index in [1.54, 1.807) is 0 Å². The van der Waals surface area contributed by atoms with Crippen LogP contribution in [-0.4, -0.2) is 6.21 Å². The second-order valence-corrected chi connectivity index (χ2v) is 2.94. The summed E-state index contributed by atoms with van der Waals surface area (Å²) < 4.78 is 0. The first-order valence-corrected chi connectivity index (χ1v) is 4.58. The lowest BCUT2D eigenvalue weighted by Crippen LogP contribution is -1.86. The molecule has 0 aromatic heterocycles. The summed E-state index contributed by atoms with van der Waals surface area (Å²) in [5, 5.41) is 7.20. The van der Waals surface area contributed by atoms with Crippen LogP contribution in [0.15, 0.2) is 30.3 Å². The second-order valence-electron chi connectivity index (χ2n) is 2.94. The van der Waals surface area contributed by atoms with Crippen LogP contribution in [-0.2, 0) is 6.42 Å². The molecule has 13 heavy (non-hydrogen) atoms. The van der Waals surface area contributed by atoms with Crippen LogP contribution in [0.25, 0.3) is 5.57 Å². The zero-order valence-electron chi connectivity index (χ0n) is 8.17. The Bertz CT molecular complexity index is 306. The van der Waals surface area contributed by atoms with Gasteiger partial charge in [0.05, 0.1) is 0 Å². The smallest absolute Gasteiger partial charge is 0.0253 e. The molecule has 68 valence electrons. The van der Waals surface area contributed by atoms with Crippen LogP contribution in [0, 0.1) is 5.41 Å². The highest BCUT2D eigenvalue weighted by Crippen LogP contribution is 2.13. The number of rotatable bonds is 3. The highest BCUT2D eigenvalue weighted by Gasteiger charge is 1.96. The van der Waals surface area contributed by atoms with Gasteiger partial charge in [-0.05, 0) is 30.0 Å². The third kappa shape index (κ3) is 2.28. The van der Waals surface area contributed by atoms with Gasteiger partial charge in [-0.1, -0.05) is 37.3 Å². The molecule has 0 unspecified atom stereocenters. The van der Waals surface area contributed by atoms with E-state index in [0.717, 1.165) is 17.6 Å². The normalized spacial score (nSPS) is 11.4. The Morgan fingerprint density at radius 2 is 1.92 bits per heavy atom. The molecule has 1 rings (SSSR count). The van der Waals surface area contributed by atoms with E-state index in [1.807, 2.05) is 13.0 Å². The van der Waals surface area contributed by atoms with Crippen LogP contribution in [0.3, 0.4) is 0 Å². The zero-order chi connectivity index (χ0) is 9.68. The van der Waals surface area contributed by atoms with E-state index in [4.69, 9.17) is 5.41 Å². The fraction of sp³-hybridized carbons (Fsp3) is 0.250. The van der Waals surface area contributed by atoms with E-state index < -0.39 is 0 Å². The maximum Gasteiger partial charge on any atom is 0.0253 e. The standard InChI is InChI=1S/C12H15N/c1-3-10-5-7-12(8-6-10)11(4-2)9-13/h4-9,13H,3H2,1-2H3/b11-4+,13-9?. The molecule has 1 nitrogen and oxygen atoms in total. The third-order valence-electron chi connectivity index (χ3n) is 2.16. The van der Waals surface area contributed by atoms with Gasteiger partial charge in [0.2, 0.25) is 0 Å². The zero-order valence-corrected chi connectivity index (χ0v) is 8.17. The van der Waals surface area contributed by atoms with E-state index in [-0.39, 0.29) is 0 Å². The predicted octanol–water partition coefficient (Wildman–Crippen LogP) is 3.30. The van der Waals surface area contributed by atoms with E-state index in [9.17, 15) is 0 Å². The molecule has 0 heterocycles. The molecule has 1 aromatic carbocycles. The molecule has 1 N–H and O–H groups in total. The molecular formula is C12H15N. The van der Waals surface area contributed by atoms with Crippen molar-refractivity contribution < 1.29 is 0 Å². The average molecular weight is 173 g/mol. The molecule has 0 bridgehead atoms. The minimum Gasteiger partial charge on any atom is -0.308 e. The Balaban J connectivity index is 2.97. The SMILES string of the molecule is C/C=C(\C=N)c1ccc(CC)cc1. The van der Waals surface area contributed by atoms with E-state index in [0.29, 0.717) is 0 Å². The maximum absolute atomic E-state index is 7.20. The first kappa shape index (κ1) is 9.72. The van der Waals surface area contributed by atoms with Gasteiger partial charge in [-0.25, -0.2) is 0 Å². The van der Waals surface area contributed by atoms with Gasteiger partial charge in [0.25, 0.3) is 0 Å². The van der Waals surface area contributed by atoms with Gasteiger partial charge in [-0.2, -0.15) is 0 Å². The van der Waals surface area contributed by atoms with Crippen molar-refractivity contribution in [3.05, 3.63) is 41.5 Å². The molecule has 0 saturated heterocycles. The molecule has 0 aliphatic heterocycles. The predicted molar refractivity (Wildman–Crippen MR) is 58.3 cm³/mol. The topological polar surface area (TPSA) is 23.9 Å². The fourth-order valence-electron chi connectivity index (χ4n) is 1.27. The number of hydrogen-bond donors (Lipinski definition) is 1. The molecule has 0 amide bonds. The summed E-state index contributed by atoms with van der Waals surface area (Å²) in [4.78, 5) is 0. The van der Waals surface area contributed by atoms with Gasteiger partial charge in [0.15, 0.2) is 0 Å². The number of hydrogen-bond acceptors (Lipinski definition) is 1. The molecule has 1 heteroatoms. The Kier molecular flexibility index (Phi) is 3.44. The summed E-state index contributed by atoms with van der Waals surface area (Å²) in [5.41, 5.74) is 3.43. The van der Waals surface area contributed by atoms with Gasteiger partial charge < -0.3 is 5.41 Å². The Morgan fingerprint density at radius 3 is 2.31 bits per heavy atom. The van der Waals surface area contributed by atoms with E-state index in [1.165, 1.54) is 11.8 Å². The Labute approximate surface area is 79.6 Å². The summed E-state index contributed by atoms with van der Waals surface area (Å²) in [6.45, 7) is 4.09. The summed E-state index contributed by atoms with van der Waals surface area (Å²) in [5.74, 6) is 0. The van der Waals surface area contributed by atoms with Crippen LogP contribution in [0.1, 0.15) is 25.0 Å². The average Bonchev–Trinajstić information content (AvgIpc) is 2.21. The van der Waals surface area contributed by atoms with Gasteiger partial charge >= 0.3 is 0 Å². The van der Waals surface area contributed by atoms with Crippen molar-refractivity contribution in [1.82, 2.24) is 0 Å². The molecule has 0 radical (unpaired) electrons. The number of benzene rings is 1. The van der Waals surface area contributed by atoms with Crippen LogP contribution in [0.5, 0.6) is 0 Å². The lowest BCUT2D eigenvalue weighted by molar-refractivity contribution is 1.14. The number of aryl methyl sites for hydroxylation is 1. The minimum absolute atomic E-state index is 0.975. The van der Waals surface area contributed by atoms with Gasteiger partial charge in [0, 0.05) is 6.21 Å². The lowest BCUT2D eigenvalue weighted by Gasteiger charge is -2.01. The van der Waals surface area contributed by atoms with E-state index in [2.05, 4.69) is 31.2 Å². The monoisotopic (exact) mass is 173 g/mol. The van der Waals surface area contributed by atoms with Crippen molar-refractivity contribution in [3.8, 4) is 0 Å². The minimum atomic E-state index is 0.975. The van der Waals surface area contributed by atoms with Crippen LogP contribution < -0.4 is 0 Å². The second kappa shape index (κ2) is 4.61. The summed E-state index contributed by atoms with van der Waals surface area (Å²) >= 11 is 0. The van der Waals surface area contributed by atoms with Crippen LogP contribution in [0.2, 0.25) is 0 Å². The van der Waals surface area contributed by atoms with Crippen LogP contribution in [0.4, 0.5) is 0 Å². The van der Waals surface area contributed by atoms with Crippen molar-refractivity contribution in [3.63, 3.8) is 0 Å². The molecule has 0 fully saturated rings. The van der Waals surface area contributed by atoms with Crippen molar-refractivity contribution in [2.24, 2.45) is 0 Å². The number of nitrogens with one attached hydrogen (secondary N) is 1. The summed E-state index contributed by atoms with van der Waals surface area (Å²) in [6.07, 6.45) is 4.41. The maximum atomic E-state index is 7.20. The van der Waals surface area contributed by atoms with Crippen molar-refractivity contribution >= 4 is 11.8 Å². The van der Waals surface area contributed by atoms with Gasteiger partial charge in [0.1, 0.15) is 0 Å². The molecule has 0 spiro atoms. The third-order valence-corrected chi connectivity index (χ3v) is 2.16. The first-order valence-electron chi connectivity index (χ1n) is 4.58. The number of allylic oxidation sites excluding steroid dienone is 2. The van der Waals surface area contributed by atoms with Crippen molar-refractivity contribution in [1.29, 1.82) is 5.41 Å². The van der Waals surface area contributed by atoms with Gasteiger partial charge in [-0.15, -0.1) is 0 Å². The summed E-state index contributed by atoms with van der Waals surface area (Å²) in [7, 11) is 0. The van der Waals surface area contributed by atoms with Crippen molar-refractivity contribution in [2.75, 3.05) is 0 Å². The van der Waals surface area contributed by atoms with Gasteiger partial charge in [-0.3, -0.25) is 0 Å². The van der Waals surface area contributed by atoms with Crippen LogP contribution >= 0.6 is 0 Å². The lowest BCUT2D eigenvalue weighted by atomic mass is 10.0. The van der Waals surface area contributed by atoms with Crippen molar-refractivity contribution in [2.45, 2.75) is 20.3 Å². The largest absolute Gasteiger partial charge is 0.308 e. The molecule has 0 saturated carbocycles. The molecular weight excluding hydrogens is 158 g/mol. The molecule has 0 aliphatic carbocycles. The highest BCUT2D eigenvalue weighted by molar-refractivity contribution is 6.08. The molecule has 1 aromatic rings. The first-order chi connectivity index (χ1) is 6.31. The quantitative estimate of drug-likeness (QED) is 0.678. The summed E-state index contributed by atoms with van der Waals surface area (Å²) in [6, 6.07) is 8.36. The highest BCUT2D eigenvalue weighted by atomic mass is 14.3. The Hall–Kier alpha value is -1.37. The Morgan fingerprint density at radius 1 is 1.31 bits per heavy atom. The van der Waals surface area contributed by atoms with E-state index >= 15 is 0 Å². The molecule has 0 aliphatic rings. The molecule has 0 atom stereocenters. The fourth-order valence-corrected chi connectivity index (χ4v) is 1.27.